The minimum Gasteiger partial charge on any atom is -0.438 e. The Labute approximate surface area is 114 Å². The summed E-state index contributed by atoms with van der Waals surface area (Å²) < 4.78 is 6.04. The first-order chi connectivity index (χ1) is 9.13. The van der Waals surface area contributed by atoms with Gasteiger partial charge in [-0.1, -0.05) is 18.2 Å². The molecule has 2 aromatic rings. The Hall–Kier alpha value is -1.87. The van der Waals surface area contributed by atoms with E-state index in [1.165, 1.54) is 5.56 Å². The Morgan fingerprint density at radius 3 is 2.58 bits per heavy atom. The highest BCUT2D eigenvalue weighted by molar-refractivity contribution is 5.47. The minimum absolute atomic E-state index is 0.591. The van der Waals surface area contributed by atoms with Crippen LogP contribution in [-0.2, 0) is 6.42 Å². The van der Waals surface area contributed by atoms with E-state index in [4.69, 9.17) is 10.5 Å². The smallest absolute Gasteiger partial charge is 0.222 e. The van der Waals surface area contributed by atoms with Crippen LogP contribution in [0.5, 0.6) is 11.6 Å². The summed E-state index contributed by atoms with van der Waals surface area (Å²) in [6.07, 6.45) is 2.52. The molecule has 0 aliphatic rings. The van der Waals surface area contributed by atoms with Crippen molar-refractivity contribution in [3.05, 3.63) is 52.7 Å². The van der Waals surface area contributed by atoms with Gasteiger partial charge < -0.3 is 10.5 Å². The zero-order valence-corrected chi connectivity index (χ0v) is 11.7. The average molecular weight is 256 g/mol. The van der Waals surface area contributed by atoms with Gasteiger partial charge in [-0.2, -0.15) is 0 Å². The number of rotatable bonds is 4. The lowest BCUT2D eigenvalue weighted by Crippen LogP contribution is -2.05. The van der Waals surface area contributed by atoms with Crippen molar-refractivity contribution in [2.75, 3.05) is 6.54 Å². The highest BCUT2D eigenvalue weighted by Crippen LogP contribution is 2.31. The van der Waals surface area contributed by atoms with Gasteiger partial charge in [-0.15, -0.1) is 0 Å². The van der Waals surface area contributed by atoms with Gasteiger partial charge >= 0.3 is 0 Å². The summed E-state index contributed by atoms with van der Waals surface area (Å²) in [5.74, 6) is 1.56. The minimum atomic E-state index is 0.591. The van der Waals surface area contributed by atoms with E-state index in [2.05, 4.69) is 31.0 Å². The van der Waals surface area contributed by atoms with Crippen LogP contribution >= 0.6 is 0 Å². The Bertz CT molecular complexity index is 579. The Balaban J connectivity index is 2.39. The summed E-state index contributed by atoms with van der Waals surface area (Å²) >= 11 is 0. The number of nitrogens with two attached hydrogens (primary N) is 1. The lowest BCUT2D eigenvalue weighted by molar-refractivity contribution is 0.449. The molecule has 0 unspecified atom stereocenters. The monoisotopic (exact) mass is 256 g/mol. The molecule has 3 nitrogen and oxygen atoms in total. The quantitative estimate of drug-likeness (QED) is 0.913. The second-order valence-corrected chi connectivity index (χ2v) is 4.76. The molecular weight excluding hydrogens is 236 g/mol. The fourth-order valence-corrected chi connectivity index (χ4v) is 2.04. The molecule has 1 aromatic carbocycles. The number of aromatic nitrogens is 1. The Morgan fingerprint density at radius 2 is 1.84 bits per heavy atom. The van der Waals surface area contributed by atoms with E-state index in [9.17, 15) is 0 Å². The SMILES string of the molecule is Cc1ccc(C)c(Oc2ncccc2CCN)c1C. The molecule has 1 aromatic heterocycles. The average Bonchev–Trinajstić information content (AvgIpc) is 2.41. The second-order valence-electron chi connectivity index (χ2n) is 4.76. The maximum atomic E-state index is 6.04. The van der Waals surface area contributed by atoms with Gasteiger partial charge in [0.15, 0.2) is 0 Å². The molecule has 0 radical (unpaired) electrons. The summed E-state index contributed by atoms with van der Waals surface area (Å²) in [6.45, 7) is 6.80. The van der Waals surface area contributed by atoms with E-state index in [-0.39, 0.29) is 0 Å². The van der Waals surface area contributed by atoms with Gasteiger partial charge in [0.25, 0.3) is 0 Å². The molecule has 100 valence electrons. The first kappa shape index (κ1) is 13.6. The van der Waals surface area contributed by atoms with Gasteiger partial charge in [-0.25, -0.2) is 4.98 Å². The molecule has 0 fully saturated rings. The van der Waals surface area contributed by atoms with Crippen molar-refractivity contribution in [3.8, 4) is 11.6 Å². The highest BCUT2D eigenvalue weighted by atomic mass is 16.5. The zero-order chi connectivity index (χ0) is 13.8. The number of ether oxygens (including phenoxy) is 1. The van der Waals surface area contributed by atoms with Gasteiger partial charge in [0.2, 0.25) is 5.88 Å². The number of benzene rings is 1. The van der Waals surface area contributed by atoms with Crippen LogP contribution in [0.3, 0.4) is 0 Å². The van der Waals surface area contributed by atoms with E-state index in [1.807, 2.05) is 19.1 Å². The van der Waals surface area contributed by atoms with Crippen molar-refractivity contribution in [2.45, 2.75) is 27.2 Å². The number of aryl methyl sites for hydroxylation is 2. The largest absolute Gasteiger partial charge is 0.438 e. The molecule has 0 saturated heterocycles. The fraction of sp³-hybridized carbons (Fsp3) is 0.312. The maximum absolute atomic E-state index is 6.04. The van der Waals surface area contributed by atoms with Crippen LogP contribution in [-0.4, -0.2) is 11.5 Å². The van der Waals surface area contributed by atoms with Crippen LogP contribution in [0.4, 0.5) is 0 Å². The number of hydrogen-bond acceptors (Lipinski definition) is 3. The zero-order valence-electron chi connectivity index (χ0n) is 11.7. The van der Waals surface area contributed by atoms with Crippen LogP contribution < -0.4 is 10.5 Å². The van der Waals surface area contributed by atoms with Crippen LogP contribution in [0.1, 0.15) is 22.3 Å². The molecule has 1 heterocycles. The Kier molecular flexibility index (Phi) is 4.17. The molecule has 2 rings (SSSR count). The van der Waals surface area contributed by atoms with E-state index >= 15 is 0 Å². The fourth-order valence-electron chi connectivity index (χ4n) is 2.04. The van der Waals surface area contributed by atoms with Crippen LogP contribution in [0, 0.1) is 20.8 Å². The molecule has 0 atom stereocenters. The van der Waals surface area contributed by atoms with Gasteiger partial charge in [-0.3, -0.25) is 0 Å². The van der Waals surface area contributed by atoms with E-state index in [0.29, 0.717) is 12.4 Å². The maximum Gasteiger partial charge on any atom is 0.222 e. The molecule has 2 N–H and O–H groups in total. The molecule has 0 saturated carbocycles. The first-order valence-corrected chi connectivity index (χ1v) is 6.52. The van der Waals surface area contributed by atoms with E-state index in [0.717, 1.165) is 28.9 Å². The van der Waals surface area contributed by atoms with Crippen molar-refractivity contribution in [2.24, 2.45) is 5.73 Å². The molecule has 0 amide bonds. The second kappa shape index (κ2) is 5.85. The lowest BCUT2D eigenvalue weighted by Gasteiger charge is -2.15. The van der Waals surface area contributed by atoms with Crippen LogP contribution in [0.25, 0.3) is 0 Å². The van der Waals surface area contributed by atoms with Gasteiger partial charge in [0.05, 0.1) is 0 Å². The first-order valence-electron chi connectivity index (χ1n) is 6.52. The molecule has 19 heavy (non-hydrogen) atoms. The molecule has 0 aliphatic carbocycles. The number of pyridine rings is 1. The van der Waals surface area contributed by atoms with Crippen molar-refractivity contribution in [1.29, 1.82) is 0 Å². The van der Waals surface area contributed by atoms with Gasteiger partial charge in [0.1, 0.15) is 5.75 Å². The Morgan fingerprint density at radius 1 is 1.11 bits per heavy atom. The molecular formula is C16H20N2O. The summed E-state index contributed by atoms with van der Waals surface area (Å²) in [5, 5.41) is 0. The topological polar surface area (TPSA) is 48.1 Å². The van der Waals surface area contributed by atoms with E-state index in [1.54, 1.807) is 6.20 Å². The van der Waals surface area contributed by atoms with E-state index < -0.39 is 0 Å². The third-order valence-corrected chi connectivity index (χ3v) is 3.34. The van der Waals surface area contributed by atoms with Gasteiger partial charge in [-0.05, 0) is 56.5 Å². The third kappa shape index (κ3) is 2.93. The normalized spacial score (nSPS) is 10.5. The number of nitrogens with zero attached hydrogens (tertiary/aromatic N) is 1. The summed E-state index contributed by atoms with van der Waals surface area (Å²) in [7, 11) is 0. The predicted molar refractivity (Wildman–Crippen MR) is 77.7 cm³/mol. The lowest BCUT2D eigenvalue weighted by atomic mass is 10.1. The predicted octanol–water partition coefficient (Wildman–Crippen LogP) is 3.30. The molecule has 0 aliphatic heterocycles. The number of hydrogen-bond donors (Lipinski definition) is 1. The summed E-state index contributed by atoms with van der Waals surface area (Å²) in [4.78, 5) is 4.33. The molecule has 0 bridgehead atoms. The summed E-state index contributed by atoms with van der Waals surface area (Å²) in [5.41, 5.74) is 10.2. The van der Waals surface area contributed by atoms with Crippen molar-refractivity contribution in [1.82, 2.24) is 4.98 Å². The van der Waals surface area contributed by atoms with Crippen LogP contribution in [0.2, 0.25) is 0 Å². The molecule has 0 spiro atoms. The third-order valence-electron chi connectivity index (χ3n) is 3.34. The van der Waals surface area contributed by atoms with Gasteiger partial charge in [0, 0.05) is 11.8 Å². The molecule has 3 heteroatoms. The summed E-state index contributed by atoms with van der Waals surface area (Å²) in [6, 6.07) is 8.10. The van der Waals surface area contributed by atoms with Crippen molar-refractivity contribution < 1.29 is 4.74 Å². The standard InChI is InChI=1S/C16H20N2O/c1-11-6-7-12(2)15(13(11)3)19-16-14(8-9-17)5-4-10-18-16/h4-7,10H,8-9,17H2,1-3H3. The van der Waals surface area contributed by atoms with Crippen LogP contribution in [0.15, 0.2) is 30.5 Å². The highest BCUT2D eigenvalue weighted by Gasteiger charge is 2.11. The van der Waals surface area contributed by atoms with Crippen molar-refractivity contribution >= 4 is 0 Å². The van der Waals surface area contributed by atoms with Crippen molar-refractivity contribution in [3.63, 3.8) is 0 Å².